The van der Waals surface area contributed by atoms with Crippen LogP contribution in [-0.2, 0) is 14.8 Å². The van der Waals surface area contributed by atoms with Crippen molar-refractivity contribution in [1.29, 1.82) is 0 Å². The molecular formula is C21H24Cl2N2O5S. The zero-order valence-electron chi connectivity index (χ0n) is 17.1. The smallest absolute Gasteiger partial charge is 0.262 e. The number of hydrogen-bond donors (Lipinski definition) is 1. The van der Waals surface area contributed by atoms with Crippen molar-refractivity contribution < 1.29 is 22.7 Å². The van der Waals surface area contributed by atoms with Crippen molar-refractivity contribution in [2.45, 2.75) is 30.6 Å². The minimum absolute atomic E-state index is 0.101. The lowest BCUT2D eigenvalue weighted by Crippen LogP contribution is -2.32. The molecule has 1 aliphatic rings. The van der Waals surface area contributed by atoms with Crippen molar-refractivity contribution in [3.05, 3.63) is 46.4 Å². The molecule has 1 amide bonds. The zero-order chi connectivity index (χ0) is 22.4. The standard InChI is InChI=1S/C21H24Cl2N2O5S/c1-29-19-9-7-16(31(27,28)25-10-4-2-3-5-11-25)13-18(19)24-21(26)14-30-20-12-15(22)6-8-17(20)23/h6-9,12-13H,2-5,10-11,14H2,1H3,(H,24,26). The molecular weight excluding hydrogens is 463 g/mol. The predicted octanol–water partition coefficient (Wildman–Crippen LogP) is 4.58. The van der Waals surface area contributed by atoms with E-state index in [0.717, 1.165) is 25.7 Å². The molecule has 0 aliphatic carbocycles. The molecule has 0 unspecified atom stereocenters. The van der Waals surface area contributed by atoms with Gasteiger partial charge in [-0.05, 0) is 43.2 Å². The highest BCUT2D eigenvalue weighted by molar-refractivity contribution is 7.89. The van der Waals surface area contributed by atoms with Crippen LogP contribution >= 0.6 is 23.2 Å². The average Bonchev–Trinajstić information content (AvgIpc) is 3.04. The van der Waals surface area contributed by atoms with Crippen molar-refractivity contribution in [3.8, 4) is 11.5 Å². The second-order valence-electron chi connectivity index (χ2n) is 7.09. The summed E-state index contributed by atoms with van der Waals surface area (Å²) in [6.45, 7) is 0.640. The maximum Gasteiger partial charge on any atom is 0.262 e. The van der Waals surface area contributed by atoms with Crippen LogP contribution in [0.4, 0.5) is 5.69 Å². The summed E-state index contributed by atoms with van der Waals surface area (Å²) in [6, 6.07) is 9.09. The van der Waals surface area contributed by atoms with Gasteiger partial charge in [-0.25, -0.2) is 8.42 Å². The lowest BCUT2D eigenvalue weighted by molar-refractivity contribution is -0.118. The number of amides is 1. The first-order valence-corrected chi connectivity index (χ1v) is 12.1. The highest BCUT2D eigenvalue weighted by Gasteiger charge is 2.26. The van der Waals surface area contributed by atoms with Crippen molar-refractivity contribution >= 4 is 44.8 Å². The Morgan fingerprint density at radius 1 is 1.03 bits per heavy atom. The van der Waals surface area contributed by atoms with Gasteiger partial charge in [-0.1, -0.05) is 36.0 Å². The molecule has 2 aromatic carbocycles. The van der Waals surface area contributed by atoms with Gasteiger partial charge in [-0.2, -0.15) is 4.31 Å². The molecule has 1 fully saturated rings. The Labute approximate surface area is 192 Å². The summed E-state index contributed by atoms with van der Waals surface area (Å²) in [5.74, 6) is 0.108. The number of rotatable bonds is 7. The van der Waals surface area contributed by atoms with Crippen LogP contribution in [0.3, 0.4) is 0 Å². The van der Waals surface area contributed by atoms with Crippen LogP contribution in [0.15, 0.2) is 41.3 Å². The van der Waals surface area contributed by atoms with Crippen LogP contribution in [0.25, 0.3) is 0 Å². The van der Waals surface area contributed by atoms with Crippen LogP contribution in [0.5, 0.6) is 11.5 Å². The number of nitrogens with zero attached hydrogens (tertiary/aromatic N) is 1. The molecule has 10 heteroatoms. The van der Waals surface area contributed by atoms with E-state index in [1.165, 1.54) is 35.7 Å². The molecule has 1 saturated heterocycles. The van der Waals surface area contributed by atoms with Crippen molar-refractivity contribution in [2.75, 3.05) is 32.1 Å². The molecule has 1 heterocycles. The maximum absolute atomic E-state index is 13.1. The predicted molar refractivity (Wildman–Crippen MR) is 121 cm³/mol. The fourth-order valence-corrected chi connectivity index (χ4v) is 5.17. The first-order valence-electron chi connectivity index (χ1n) is 9.87. The van der Waals surface area contributed by atoms with Gasteiger partial charge in [0.05, 0.1) is 22.7 Å². The highest BCUT2D eigenvalue weighted by atomic mass is 35.5. The Kier molecular flexibility index (Phi) is 8.05. The van der Waals surface area contributed by atoms with Gasteiger partial charge in [0.1, 0.15) is 11.5 Å². The molecule has 0 spiro atoms. The second kappa shape index (κ2) is 10.5. The molecule has 168 valence electrons. The van der Waals surface area contributed by atoms with Crippen molar-refractivity contribution in [3.63, 3.8) is 0 Å². The number of anilines is 1. The van der Waals surface area contributed by atoms with E-state index < -0.39 is 15.9 Å². The normalized spacial score (nSPS) is 15.2. The third-order valence-electron chi connectivity index (χ3n) is 4.90. The van der Waals surface area contributed by atoms with E-state index in [4.69, 9.17) is 32.7 Å². The lowest BCUT2D eigenvalue weighted by Gasteiger charge is -2.21. The molecule has 0 aromatic heterocycles. The Hall–Kier alpha value is -2.00. The summed E-state index contributed by atoms with van der Waals surface area (Å²) >= 11 is 12.0. The van der Waals surface area contributed by atoms with Crippen LogP contribution < -0.4 is 14.8 Å². The number of nitrogens with one attached hydrogen (secondary N) is 1. The molecule has 7 nitrogen and oxygen atoms in total. The first kappa shape index (κ1) is 23.7. The molecule has 0 bridgehead atoms. The zero-order valence-corrected chi connectivity index (χ0v) is 19.4. The van der Waals surface area contributed by atoms with Crippen LogP contribution in [0.1, 0.15) is 25.7 Å². The fourth-order valence-electron chi connectivity index (χ4n) is 3.29. The summed E-state index contributed by atoms with van der Waals surface area (Å²) in [7, 11) is -2.23. The number of sulfonamides is 1. The molecule has 1 aliphatic heterocycles. The Morgan fingerprint density at radius 3 is 2.42 bits per heavy atom. The van der Waals surface area contributed by atoms with Crippen LogP contribution in [0, 0.1) is 0 Å². The molecule has 0 saturated carbocycles. The number of carbonyl (C=O) groups excluding carboxylic acids is 1. The summed E-state index contributed by atoms with van der Waals surface area (Å²) in [5, 5.41) is 3.39. The van der Waals surface area contributed by atoms with E-state index >= 15 is 0 Å². The van der Waals surface area contributed by atoms with Gasteiger partial charge < -0.3 is 14.8 Å². The quantitative estimate of drug-likeness (QED) is 0.618. The monoisotopic (exact) mass is 486 g/mol. The summed E-state index contributed by atoms with van der Waals surface area (Å²) in [6.07, 6.45) is 3.71. The topological polar surface area (TPSA) is 84.9 Å². The molecule has 31 heavy (non-hydrogen) atoms. The summed E-state index contributed by atoms with van der Waals surface area (Å²) < 4.78 is 38.4. The second-order valence-corrected chi connectivity index (χ2v) is 9.87. The Bertz CT molecular complexity index is 1040. The minimum atomic E-state index is -3.67. The Balaban J connectivity index is 1.75. The molecule has 2 aromatic rings. The van der Waals surface area contributed by atoms with Crippen molar-refractivity contribution in [2.24, 2.45) is 0 Å². The maximum atomic E-state index is 13.1. The SMILES string of the molecule is COc1ccc(S(=O)(=O)N2CCCCCC2)cc1NC(=O)COc1cc(Cl)ccc1Cl. The van der Waals surface area contributed by atoms with E-state index in [9.17, 15) is 13.2 Å². The van der Waals surface area contributed by atoms with Gasteiger partial charge in [0.25, 0.3) is 5.91 Å². The third-order valence-corrected chi connectivity index (χ3v) is 7.34. The van der Waals surface area contributed by atoms with Gasteiger partial charge in [0, 0.05) is 24.2 Å². The van der Waals surface area contributed by atoms with Crippen LogP contribution in [0.2, 0.25) is 10.0 Å². The van der Waals surface area contributed by atoms with E-state index in [1.54, 1.807) is 12.1 Å². The number of ether oxygens (including phenoxy) is 2. The van der Waals surface area contributed by atoms with Gasteiger partial charge >= 0.3 is 0 Å². The van der Waals surface area contributed by atoms with E-state index in [2.05, 4.69) is 5.32 Å². The van der Waals surface area contributed by atoms with Gasteiger partial charge in [-0.3, -0.25) is 4.79 Å². The number of hydrogen-bond acceptors (Lipinski definition) is 5. The van der Waals surface area contributed by atoms with E-state index in [0.29, 0.717) is 28.9 Å². The molecule has 3 rings (SSSR count). The number of halogens is 2. The third kappa shape index (κ3) is 6.04. The highest BCUT2D eigenvalue weighted by Crippen LogP contribution is 2.30. The van der Waals surface area contributed by atoms with Gasteiger partial charge in [0.15, 0.2) is 6.61 Å². The van der Waals surface area contributed by atoms with Crippen molar-refractivity contribution in [1.82, 2.24) is 4.31 Å². The minimum Gasteiger partial charge on any atom is -0.495 e. The molecule has 1 N–H and O–H groups in total. The number of carbonyl (C=O) groups is 1. The molecule has 0 atom stereocenters. The van der Waals surface area contributed by atoms with Gasteiger partial charge in [0.2, 0.25) is 10.0 Å². The Morgan fingerprint density at radius 2 is 1.74 bits per heavy atom. The first-order chi connectivity index (χ1) is 14.8. The molecule has 0 radical (unpaired) electrons. The number of benzene rings is 2. The number of methoxy groups -OCH3 is 1. The largest absolute Gasteiger partial charge is 0.495 e. The van der Waals surface area contributed by atoms with Crippen LogP contribution in [-0.4, -0.2) is 45.4 Å². The van der Waals surface area contributed by atoms with Gasteiger partial charge in [-0.15, -0.1) is 0 Å². The van der Waals surface area contributed by atoms with E-state index in [-0.39, 0.29) is 22.9 Å². The average molecular weight is 487 g/mol. The summed E-state index contributed by atoms with van der Waals surface area (Å²) in [4.78, 5) is 12.5. The summed E-state index contributed by atoms with van der Waals surface area (Å²) in [5.41, 5.74) is 0.240. The lowest BCUT2D eigenvalue weighted by atomic mass is 10.2. The fraction of sp³-hybridized carbons (Fsp3) is 0.381. The van der Waals surface area contributed by atoms with E-state index in [1.807, 2.05) is 0 Å².